The van der Waals surface area contributed by atoms with Gasteiger partial charge in [-0.15, -0.1) is 11.3 Å². The molecule has 0 bridgehead atoms. The Balaban J connectivity index is 2.52. The van der Waals surface area contributed by atoms with E-state index in [9.17, 15) is 5.11 Å². The van der Waals surface area contributed by atoms with E-state index in [1.807, 2.05) is 17.5 Å². The van der Waals surface area contributed by atoms with E-state index in [0.29, 0.717) is 0 Å². The van der Waals surface area contributed by atoms with Gasteiger partial charge in [0.1, 0.15) is 0 Å². The largest absolute Gasteiger partial charge is 0.387 e. The average molecular weight is 152 g/mol. The van der Waals surface area contributed by atoms with E-state index in [-0.39, 0.29) is 6.10 Å². The molecule has 0 radical (unpaired) electrons. The number of rotatable bonds is 0. The highest BCUT2D eigenvalue weighted by Gasteiger charge is 2.14. The fourth-order valence-electron chi connectivity index (χ4n) is 1.17. The van der Waals surface area contributed by atoms with Crippen molar-refractivity contribution < 1.29 is 5.11 Å². The van der Waals surface area contributed by atoms with Gasteiger partial charge in [0.2, 0.25) is 0 Å². The number of aliphatic hydroxyl groups excluding tert-OH is 1. The molecule has 52 valence electrons. The van der Waals surface area contributed by atoms with Gasteiger partial charge in [0, 0.05) is 4.88 Å². The van der Waals surface area contributed by atoms with E-state index in [1.165, 1.54) is 5.56 Å². The molecule has 1 aromatic rings. The van der Waals surface area contributed by atoms with Crippen LogP contribution in [-0.4, -0.2) is 5.11 Å². The van der Waals surface area contributed by atoms with E-state index in [0.717, 1.165) is 11.3 Å². The minimum atomic E-state index is -0.250. The Hall–Kier alpha value is -0.600. The Morgan fingerprint density at radius 2 is 2.50 bits per heavy atom. The number of aliphatic hydroxyl groups is 1. The molecule has 1 atom stereocenters. The molecular weight excluding hydrogens is 144 g/mol. The summed E-state index contributed by atoms with van der Waals surface area (Å²) in [7, 11) is 0. The minimum absolute atomic E-state index is 0.250. The minimum Gasteiger partial charge on any atom is -0.387 e. The van der Waals surface area contributed by atoms with Crippen LogP contribution in [0.3, 0.4) is 0 Å². The fourth-order valence-corrected chi connectivity index (χ4v) is 2.06. The van der Waals surface area contributed by atoms with Gasteiger partial charge < -0.3 is 5.11 Å². The zero-order chi connectivity index (χ0) is 6.97. The van der Waals surface area contributed by atoms with Crippen LogP contribution in [0.5, 0.6) is 0 Å². The van der Waals surface area contributed by atoms with Crippen LogP contribution in [0.25, 0.3) is 6.08 Å². The van der Waals surface area contributed by atoms with Gasteiger partial charge in [-0.3, -0.25) is 0 Å². The highest BCUT2D eigenvalue weighted by molar-refractivity contribution is 7.10. The predicted molar refractivity (Wildman–Crippen MR) is 42.9 cm³/mol. The van der Waals surface area contributed by atoms with Crippen LogP contribution in [0, 0.1) is 0 Å². The second kappa shape index (κ2) is 2.22. The summed E-state index contributed by atoms with van der Waals surface area (Å²) < 4.78 is 0. The number of thiophene rings is 1. The number of hydrogen-bond acceptors (Lipinski definition) is 2. The molecule has 1 N–H and O–H groups in total. The third kappa shape index (κ3) is 0.805. The van der Waals surface area contributed by atoms with E-state index < -0.39 is 0 Å². The molecule has 1 heterocycles. The molecule has 1 unspecified atom stereocenters. The molecule has 0 aliphatic heterocycles. The van der Waals surface area contributed by atoms with Gasteiger partial charge in [-0.05, 0) is 23.4 Å². The SMILES string of the molecule is OC1CC=Cc2ccsc21. The van der Waals surface area contributed by atoms with Crippen molar-refractivity contribution in [3.8, 4) is 0 Å². The molecule has 10 heavy (non-hydrogen) atoms. The van der Waals surface area contributed by atoms with Crippen molar-refractivity contribution in [3.05, 3.63) is 28.0 Å². The van der Waals surface area contributed by atoms with Crippen LogP contribution in [0.15, 0.2) is 17.5 Å². The first-order chi connectivity index (χ1) is 4.88. The van der Waals surface area contributed by atoms with Gasteiger partial charge in [0.25, 0.3) is 0 Å². The van der Waals surface area contributed by atoms with Crippen molar-refractivity contribution in [2.45, 2.75) is 12.5 Å². The number of hydrogen-bond donors (Lipinski definition) is 1. The molecule has 0 aromatic carbocycles. The molecule has 0 saturated heterocycles. The van der Waals surface area contributed by atoms with E-state index >= 15 is 0 Å². The zero-order valence-corrected chi connectivity index (χ0v) is 6.27. The zero-order valence-electron chi connectivity index (χ0n) is 5.45. The average Bonchev–Trinajstić information content (AvgIpc) is 2.36. The smallest absolute Gasteiger partial charge is 0.0922 e. The van der Waals surface area contributed by atoms with Crippen molar-refractivity contribution in [1.82, 2.24) is 0 Å². The first-order valence-corrected chi connectivity index (χ1v) is 4.18. The maximum absolute atomic E-state index is 9.41. The first kappa shape index (κ1) is 6.13. The topological polar surface area (TPSA) is 20.2 Å². The molecule has 2 heteroatoms. The normalized spacial score (nSPS) is 22.7. The fraction of sp³-hybridized carbons (Fsp3) is 0.250. The van der Waals surface area contributed by atoms with Gasteiger partial charge in [-0.1, -0.05) is 12.2 Å². The van der Waals surface area contributed by atoms with Crippen LogP contribution >= 0.6 is 11.3 Å². The van der Waals surface area contributed by atoms with Crippen LogP contribution in [-0.2, 0) is 0 Å². The molecule has 1 aromatic heterocycles. The summed E-state index contributed by atoms with van der Waals surface area (Å²) in [5.41, 5.74) is 1.18. The Labute approximate surface area is 63.6 Å². The van der Waals surface area contributed by atoms with E-state index in [1.54, 1.807) is 11.3 Å². The lowest BCUT2D eigenvalue weighted by molar-refractivity contribution is 0.184. The summed E-state index contributed by atoms with van der Waals surface area (Å²) in [6.45, 7) is 0. The summed E-state index contributed by atoms with van der Waals surface area (Å²) in [4.78, 5) is 1.11. The van der Waals surface area contributed by atoms with Gasteiger partial charge >= 0.3 is 0 Å². The van der Waals surface area contributed by atoms with Crippen molar-refractivity contribution in [3.63, 3.8) is 0 Å². The lowest BCUT2D eigenvalue weighted by Gasteiger charge is -2.10. The quantitative estimate of drug-likeness (QED) is 0.604. The van der Waals surface area contributed by atoms with E-state index in [2.05, 4.69) is 6.08 Å². The van der Waals surface area contributed by atoms with Crippen LogP contribution in [0.4, 0.5) is 0 Å². The van der Waals surface area contributed by atoms with Crippen LogP contribution in [0.1, 0.15) is 23.0 Å². The third-order valence-corrected chi connectivity index (χ3v) is 2.72. The summed E-state index contributed by atoms with van der Waals surface area (Å²) in [5, 5.41) is 11.4. The molecule has 1 aliphatic rings. The molecular formula is C8H8OS. The molecule has 1 nitrogen and oxygen atoms in total. The Morgan fingerprint density at radius 1 is 1.60 bits per heavy atom. The van der Waals surface area contributed by atoms with Crippen LogP contribution in [0.2, 0.25) is 0 Å². The number of fused-ring (bicyclic) bond motifs is 1. The summed E-state index contributed by atoms with van der Waals surface area (Å²) in [5.74, 6) is 0. The Bertz CT molecular complexity index is 262. The molecule has 0 fully saturated rings. The lowest BCUT2D eigenvalue weighted by atomic mass is 10.0. The maximum Gasteiger partial charge on any atom is 0.0922 e. The molecule has 0 amide bonds. The third-order valence-electron chi connectivity index (χ3n) is 1.69. The second-order valence-electron chi connectivity index (χ2n) is 2.39. The molecule has 0 saturated carbocycles. The standard InChI is InChI=1S/C8H8OS/c9-7-3-1-2-6-4-5-10-8(6)7/h1-2,4-5,7,9H,3H2. The van der Waals surface area contributed by atoms with Crippen molar-refractivity contribution in [2.24, 2.45) is 0 Å². The van der Waals surface area contributed by atoms with Crippen LogP contribution < -0.4 is 0 Å². The van der Waals surface area contributed by atoms with E-state index in [4.69, 9.17) is 0 Å². The summed E-state index contributed by atoms with van der Waals surface area (Å²) >= 11 is 1.63. The summed E-state index contributed by atoms with van der Waals surface area (Å²) in [6.07, 6.45) is 4.60. The highest BCUT2D eigenvalue weighted by Crippen LogP contribution is 2.31. The van der Waals surface area contributed by atoms with Crippen molar-refractivity contribution in [2.75, 3.05) is 0 Å². The van der Waals surface area contributed by atoms with Crippen molar-refractivity contribution >= 4 is 17.4 Å². The summed E-state index contributed by atoms with van der Waals surface area (Å²) in [6, 6.07) is 2.04. The second-order valence-corrected chi connectivity index (χ2v) is 3.34. The maximum atomic E-state index is 9.41. The lowest BCUT2D eigenvalue weighted by Crippen LogP contribution is -1.97. The highest BCUT2D eigenvalue weighted by atomic mass is 32.1. The molecule has 0 spiro atoms. The Morgan fingerprint density at radius 3 is 3.30 bits per heavy atom. The molecule has 1 aliphatic carbocycles. The first-order valence-electron chi connectivity index (χ1n) is 3.30. The van der Waals surface area contributed by atoms with Crippen molar-refractivity contribution in [1.29, 1.82) is 0 Å². The predicted octanol–water partition coefficient (Wildman–Crippen LogP) is 2.20. The monoisotopic (exact) mass is 152 g/mol. The Kier molecular flexibility index (Phi) is 1.36. The van der Waals surface area contributed by atoms with Gasteiger partial charge in [0.15, 0.2) is 0 Å². The van der Waals surface area contributed by atoms with Gasteiger partial charge in [-0.2, -0.15) is 0 Å². The molecule has 2 rings (SSSR count). The van der Waals surface area contributed by atoms with Gasteiger partial charge in [0.05, 0.1) is 6.10 Å². The van der Waals surface area contributed by atoms with Gasteiger partial charge in [-0.25, -0.2) is 0 Å².